The number of hydrogen-bond acceptors (Lipinski definition) is 2. The minimum atomic E-state index is -0.480. The maximum Gasteiger partial charge on any atom is 1.00 e. The van der Waals surface area contributed by atoms with Gasteiger partial charge in [0.2, 0.25) is 0 Å². The van der Waals surface area contributed by atoms with Crippen LogP contribution in [0.2, 0.25) is 0 Å². The number of halogens is 1. The van der Waals surface area contributed by atoms with Crippen LogP contribution in [0.4, 0.5) is 0 Å². The molecule has 0 spiro atoms. The summed E-state index contributed by atoms with van der Waals surface area (Å²) in [5.74, 6) is -0.480. The van der Waals surface area contributed by atoms with Gasteiger partial charge in [0, 0.05) is 6.92 Å². The fourth-order valence-corrected chi connectivity index (χ4v) is 0. The zero-order valence-corrected chi connectivity index (χ0v) is 4.45. The molecule has 0 heterocycles. The Morgan fingerprint density at radius 2 is 2.17 bits per heavy atom. The predicted molar refractivity (Wildman–Crippen MR) is 18.7 cm³/mol. The van der Waals surface area contributed by atoms with Gasteiger partial charge in [0.15, 0.2) is 0 Å². The van der Waals surface area contributed by atoms with E-state index in [1.165, 1.54) is 6.92 Å². The third-order valence-electron chi connectivity index (χ3n) is 0.109. The molecule has 6 heavy (non-hydrogen) atoms. The molecule has 0 unspecified atom stereocenters. The molecule has 0 radical (unpaired) electrons. The Balaban J connectivity index is -0.0000000800. The Morgan fingerprint density at radius 3 is 2.17 bits per heavy atom. The van der Waals surface area contributed by atoms with Crippen molar-refractivity contribution in [2.45, 2.75) is 6.92 Å². The van der Waals surface area contributed by atoms with E-state index >= 15 is 0 Å². The van der Waals surface area contributed by atoms with E-state index in [1.54, 1.807) is 0 Å². The first-order valence-electron chi connectivity index (χ1n) is 1.06. The summed E-state index contributed by atoms with van der Waals surface area (Å²) in [5, 5.41) is 0. The fraction of sp³-hybridized carbons (Fsp3) is 0.500. The Hall–Kier alpha value is 0.357. The second kappa shape index (κ2) is 5.36. The van der Waals surface area contributed by atoms with Crippen molar-refractivity contribution in [2.75, 3.05) is 0 Å². The van der Waals surface area contributed by atoms with E-state index in [4.69, 9.17) is 0 Å². The van der Waals surface area contributed by atoms with Gasteiger partial charge in [-0.25, -0.2) is 0 Å². The van der Waals surface area contributed by atoms with Crippen molar-refractivity contribution in [3.8, 4) is 0 Å². The topological polar surface area (TPSA) is 26.3 Å². The van der Waals surface area contributed by atoms with Crippen LogP contribution in [0.3, 0.4) is 0 Å². The Kier molecular flexibility index (Phi) is 8.58. The third kappa shape index (κ3) is 8.84. The van der Waals surface area contributed by atoms with Gasteiger partial charge in [-0.15, -0.1) is 0 Å². The summed E-state index contributed by atoms with van der Waals surface area (Å²) in [5.41, 5.74) is 0. The van der Waals surface area contributed by atoms with Gasteiger partial charge in [-0.05, 0) is 0 Å². The molecular formula is C2H4ClLiO2. The molecular weight excluding hydrogens is 98.4 g/mol. The molecule has 32 valence electrons. The zero-order chi connectivity index (χ0) is 4.28. The van der Waals surface area contributed by atoms with Crippen LogP contribution >= 0.6 is 11.9 Å². The van der Waals surface area contributed by atoms with Crippen molar-refractivity contribution in [3.63, 3.8) is 0 Å². The summed E-state index contributed by atoms with van der Waals surface area (Å²) in [4.78, 5) is 9.46. The minimum absolute atomic E-state index is 0. The van der Waals surface area contributed by atoms with Gasteiger partial charge in [0.1, 0.15) is 11.9 Å². The first-order valence-corrected chi connectivity index (χ1v) is 1.37. The molecule has 2 nitrogen and oxygen atoms in total. The number of carbonyl (C=O) groups is 1. The predicted octanol–water partition coefficient (Wildman–Crippen LogP) is -2.18. The van der Waals surface area contributed by atoms with Crippen molar-refractivity contribution < 1.29 is 29.4 Å². The van der Waals surface area contributed by atoms with Gasteiger partial charge in [-0.3, -0.25) is 4.79 Å². The number of hydrogen-bond donors (Lipinski definition) is 0. The van der Waals surface area contributed by atoms with E-state index < -0.39 is 5.97 Å². The molecule has 0 aliphatic heterocycles. The van der Waals surface area contributed by atoms with Crippen LogP contribution in [-0.2, 0) is 9.08 Å². The molecule has 4 heteroatoms. The minimum Gasteiger partial charge on any atom is -1.00 e. The molecule has 0 N–H and O–H groups in total. The molecule has 0 bridgehead atoms. The summed E-state index contributed by atoms with van der Waals surface area (Å²) >= 11 is 4.49. The first kappa shape index (κ1) is 9.61. The maximum absolute atomic E-state index is 9.46. The van der Waals surface area contributed by atoms with Gasteiger partial charge >= 0.3 is 24.8 Å². The molecule has 0 rings (SSSR count). The Morgan fingerprint density at radius 1 is 2.00 bits per heavy atom. The van der Waals surface area contributed by atoms with Crippen LogP contribution in [0.25, 0.3) is 0 Å². The molecule has 0 saturated carbocycles. The van der Waals surface area contributed by atoms with Crippen molar-refractivity contribution in [3.05, 3.63) is 0 Å². The van der Waals surface area contributed by atoms with Gasteiger partial charge in [0.25, 0.3) is 0 Å². The van der Waals surface area contributed by atoms with E-state index in [2.05, 4.69) is 16.2 Å². The number of carbonyl (C=O) groups excluding carboxylic acids is 1. The average molecular weight is 102 g/mol. The quantitative estimate of drug-likeness (QED) is 0.325. The van der Waals surface area contributed by atoms with Crippen LogP contribution in [-0.4, -0.2) is 5.97 Å². The van der Waals surface area contributed by atoms with E-state index in [9.17, 15) is 4.79 Å². The van der Waals surface area contributed by atoms with E-state index in [0.717, 1.165) is 0 Å². The van der Waals surface area contributed by atoms with Crippen molar-refractivity contribution in [1.82, 2.24) is 0 Å². The molecule has 0 aliphatic rings. The zero-order valence-electron chi connectivity index (χ0n) is 4.69. The summed E-state index contributed by atoms with van der Waals surface area (Å²) in [6.07, 6.45) is 0. The largest absolute Gasteiger partial charge is 1.00 e. The third-order valence-corrected chi connectivity index (χ3v) is 0.326. The van der Waals surface area contributed by atoms with E-state index in [0.29, 0.717) is 0 Å². The van der Waals surface area contributed by atoms with E-state index in [1.807, 2.05) is 0 Å². The summed E-state index contributed by atoms with van der Waals surface area (Å²) in [7, 11) is 0. The first-order chi connectivity index (χ1) is 2.27. The molecule has 0 atom stereocenters. The van der Waals surface area contributed by atoms with Gasteiger partial charge in [-0.2, -0.15) is 0 Å². The van der Waals surface area contributed by atoms with Crippen LogP contribution in [0.15, 0.2) is 0 Å². The molecule has 0 aliphatic carbocycles. The monoisotopic (exact) mass is 102 g/mol. The van der Waals surface area contributed by atoms with E-state index in [-0.39, 0.29) is 20.3 Å². The molecule has 0 aromatic carbocycles. The second-order valence-electron chi connectivity index (χ2n) is 0.569. The van der Waals surface area contributed by atoms with Crippen LogP contribution in [0.5, 0.6) is 0 Å². The normalized spacial score (nSPS) is 5.67. The Bertz CT molecular complexity index is 51.0. The second-order valence-corrected chi connectivity index (χ2v) is 0.723. The van der Waals surface area contributed by atoms with Crippen molar-refractivity contribution >= 4 is 17.8 Å². The van der Waals surface area contributed by atoms with Gasteiger partial charge < -0.3 is 5.72 Å². The van der Waals surface area contributed by atoms with Crippen LogP contribution in [0, 0.1) is 0 Å². The summed E-state index contributed by atoms with van der Waals surface area (Å²) in [6.45, 7) is 1.23. The molecule has 0 saturated heterocycles. The van der Waals surface area contributed by atoms with Crippen LogP contribution in [0.1, 0.15) is 8.35 Å². The summed E-state index contributed by atoms with van der Waals surface area (Å²) in [6, 6.07) is 0. The standard InChI is InChI=1S/C2H3ClO2.Li.H/c1-2(4)5-3;;/h1H3;;/q;+1;-1. The maximum atomic E-state index is 9.46. The molecule has 0 aromatic heterocycles. The van der Waals surface area contributed by atoms with Crippen LogP contribution < -0.4 is 18.9 Å². The Labute approximate surface area is 54.6 Å². The van der Waals surface area contributed by atoms with Crippen molar-refractivity contribution in [2.24, 2.45) is 0 Å². The molecule has 0 aromatic rings. The molecule has 0 amide bonds. The van der Waals surface area contributed by atoms with Crippen molar-refractivity contribution in [1.29, 1.82) is 0 Å². The van der Waals surface area contributed by atoms with Gasteiger partial charge in [0.05, 0.1) is 0 Å². The molecule has 0 fully saturated rings. The fourth-order valence-electron chi connectivity index (χ4n) is 0. The summed E-state index contributed by atoms with van der Waals surface area (Å²) < 4.78 is 3.58. The average Bonchev–Trinajstić information content (AvgIpc) is 1.38. The van der Waals surface area contributed by atoms with Gasteiger partial charge in [-0.1, -0.05) is 0 Å². The SMILES string of the molecule is CC(=O)OCl.[H-].[Li+]. The smallest absolute Gasteiger partial charge is 1.00 e. The number of rotatable bonds is 0.